The first kappa shape index (κ1) is 28.3. The van der Waals surface area contributed by atoms with Crippen LogP contribution in [0.4, 0.5) is 0 Å². The van der Waals surface area contributed by atoms with Gasteiger partial charge in [-0.2, -0.15) is 0 Å². The van der Waals surface area contributed by atoms with Crippen molar-refractivity contribution in [1.82, 2.24) is 19.4 Å². The number of hydrogen-bond acceptors (Lipinski definition) is 3. The highest BCUT2D eigenvalue weighted by Crippen LogP contribution is 2.42. The van der Waals surface area contributed by atoms with Gasteiger partial charge in [0.15, 0.2) is 0 Å². The number of hydrogen-bond donors (Lipinski definition) is 0. The van der Waals surface area contributed by atoms with Crippen LogP contribution in [0.15, 0.2) is 84.9 Å². The number of amides is 1. The normalized spacial score (nSPS) is 23.6. The highest BCUT2D eigenvalue weighted by molar-refractivity contribution is 5.77. The summed E-state index contributed by atoms with van der Waals surface area (Å²) in [5.41, 5.74) is 5.00. The zero-order chi connectivity index (χ0) is 29.2. The van der Waals surface area contributed by atoms with Gasteiger partial charge in [-0.25, -0.2) is 4.98 Å². The highest BCUT2D eigenvalue weighted by atomic mass is 16.2. The Bertz CT molecular complexity index is 1490. The Kier molecular flexibility index (Phi) is 8.34. The molecular weight excluding hydrogens is 528 g/mol. The van der Waals surface area contributed by atoms with Gasteiger partial charge < -0.3 is 9.47 Å². The molecule has 2 unspecified atom stereocenters. The molecule has 3 aliphatic rings. The summed E-state index contributed by atoms with van der Waals surface area (Å²) in [7, 11) is 0. The first-order valence-electron chi connectivity index (χ1n) is 16.7. The number of benzene rings is 3. The molecule has 43 heavy (non-hydrogen) atoms. The van der Waals surface area contributed by atoms with Gasteiger partial charge in [0, 0.05) is 37.6 Å². The second-order valence-corrected chi connectivity index (χ2v) is 13.4. The summed E-state index contributed by atoms with van der Waals surface area (Å²) < 4.78 is 2.53. The molecule has 1 aromatic heterocycles. The van der Waals surface area contributed by atoms with Gasteiger partial charge in [-0.05, 0) is 99.9 Å². The Labute approximate surface area is 256 Å². The van der Waals surface area contributed by atoms with E-state index in [4.69, 9.17) is 4.98 Å². The van der Waals surface area contributed by atoms with Gasteiger partial charge in [0.2, 0.25) is 5.91 Å². The van der Waals surface area contributed by atoms with E-state index in [1.807, 2.05) is 0 Å². The predicted octanol–water partition coefficient (Wildman–Crippen LogP) is 7.56. The van der Waals surface area contributed by atoms with E-state index in [0.29, 0.717) is 30.5 Å². The Morgan fingerprint density at radius 2 is 1.47 bits per heavy atom. The topological polar surface area (TPSA) is 41.4 Å². The molecule has 0 N–H and O–H groups in total. The largest absolute Gasteiger partial charge is 0.343 e. The van der Waals surface area contributed by atoms with Crippen molar-refractivity contribution in [2.24, 2.45) is 5.92 Å². The van der Waals surface area contributed by atoms with Crippen molar-refractivity contribution in [2.75, 3.05) is 19.6 Å². The average Bonchev–Trinajstić information content (AvgIpc) is 3.51. The van der Waals surface area contributed by atoms with Crippen LogP contribution < -0.4 is 0 Å². The summed E-state index contributed by atoms with van der Waals surface area (Å²) in [4.78, 5) is 23.4. The van der Waals surface area contributed by atoms with Crippen LogP contribution in [0.25, 0.3) is 11.0 Å². The van der Waals surface area contributed by atoms with Gasteiger partial charge in [0.25, 0.3) is 0 Å². The summed E-state index contributed by atoms with van der Waals surface area (Å²) in [6, 6.07) is 31.8. The lowest BCUT2D eigenvalue weighted by molar-refractivity contribution is -0.133. The molecule has 5 nitrogen and oxygen atoms in total. The smallest absolute Gasteiger partial charge is 0.223 e. The number of aromatic nitrogens is 2. The molecule has 4 heterocycles. The minimum Gasteiger partial charge on any atom is -0.343 e. The summed E-state index contributed by atoms with van der Waals surface area (Å²) >= 11 is 0. The van der Waals surface area contributed by atoms with E-state index in [-0.39, 0.29) is 5.92 Å². The minimum absolute atomic E-state index is 0.219. The number of carbonyl (C=O) groups excluding carboxylic acids is 1. The SMILES string of the molecule is Cc1nc2ccccc2n1C1C[C@H]2CC[C@@H](C1)N2CCC1CCN(C(=O)CC(Cc2ccccc2)c2ccccc2)CC1. The van der Waals surface area contributed by atoms with Gasteiger partial charge >= 0.3 is 0 Å². The number of rotatable bonds is 9. The first-order chi connectivity index (χ1) is 21.1. The van der Waals surface area contributed by atoms with Gasteiger partial charge in [0.1, 0.15) is 5.82 Å². The van der Waals surface area contributed by atoms with E-state index < -0.39 is 0 Å². The summed E-state index contributed by atoms with van der Waals surface area (Å²) in [5.74, 6) is 2.44. The van der Waals surface area contributed by atoms with Crippen LogP contribution in [-0.2, 0) is 11.2 Å². The molecule has 0 aliphatic carbocycles. The van der Waals surface area contributed by atoms with Crippen molar-refractivity contribution in [3.63, 3.8) is 0 Å². The van der Waals surface area contributed by atoms with Crippen LogP contribution in [-0.4, -0.2) is 57.0 Å². The number of nitrogens with zero attached hydrogens (tertiary/aromatic N) is 4. The van der Waals surface area contributed by atoms with Crippen LogP contribution >= 0.6 is 0 Å². The molecule has 4 aromatic rings. The van der Waals surface area contributed by atoms with Gasteiger partial charge in [-0.1, -0.05) is 72.8 Å². The summed E-state index contributed by atoms with van der Waals surface area (Å²) in [6.45, 7) is 5.23. The number of fused-ring (bicyclic) bond motifs is 3. The molecule has 0 spiro atoms. The lowest BCUT2D eigenvalue weighted by Gasteiger charge is -2.41. The number of imidazole rings is 1. The lowest BCUT2D eigenvalue weighted by atomic mass is 9.88. The van der Waals surface area contributed by atoms with E-state index in [9.17, 15) is 4.79 Å². The molecule has 0 saturated carbocycles. The molecule has 3 saturated heterocycles. The fraction of sp³-hybridized carbons (Fsp3) is 0.474. The van der Waals surface area contributed by atoms with E-state index in [2.05, 4.69) is 106 Å². The molecule has 5 heteroatoms. The van der Waals surface area contributed by atoms with Crippen LogP contribution in [0.2, 0.25) is 0 Å². The van der Waals surface area contributed by atoms with Gasteiger partial charge in [-0.3, -0.25) is 9.69 Å². The number of likely N-dealkylation sites (tertiary alicyclic amines) is 1. The van der Waals surface area contributed by atoms with Crippen LogP contribution in [0.5, 0.6) is 0 Å². The maximum absolute atomic E-state index is 13.5. The van der Waals surface area contributed by atoms with Crippen LogP contribution in [0.1, 0.15) is 80.3 Å². The van der Waals surface area contributed by atoms with Crippen molar-refractivity contribution < 1.29 is 4.79 Å². The Morgan fingerprint density at radius 1 is 0.814 bits per heavy atom. The molecular formula is C38H46N4O. The molecule has 0 radical (unpaired) electrons. The Hall–Kier alpha value is -3.44. The maximum Gasteiger partial charge on any atom is 0.223 e. The van der Waals surface area contributed by atoms with E-state index in [0.717, 1.165) is 49.6 Å². The van der Waals surface area contributed by atoms with Crippen molar-refractivity contribution >= 4 is 16.9 Å². The molecule has 3 aromatic carbocycles. The van der Waals surface area contributed by atoms with Crippen molar-refractivity contribution in [2.45, 2.75) is 88.8 Å². The number of piperidine rings is 2. The van der Waals surface area contributed by atoms with Gasteiger partial charge in [0.05, 0.1) is 11.0 Å². The van der Waals surface area contributed by atoms with Crippen LogP contribution in [0, 0.1) is 12.8 Å². The van der Waals surface area contributed by atoms with Gasteiger partial charge in [-0.15, -0.1) is 0 Å². The second-order valence-electron chi connectivity index (χ2n) is 13.4. The third-order valence-electron chi connectivity index (χ3n) is 10.8. The summed E-state index contributed by atoms with van der Waals surface area (Å²) in [5, 5.41) is 0. The monoisotopic (exact) mass is 574 g/mol. The molecule has 4 atom stereocenters. The van der Waals surface area contributed by atoms with E-state index >= 15 is 0 Å². The number of para-hydroxylation sites is 2. The number of carbonyl (C=O) groups is 1. The van der Waals surface area contributed by atoms with Crippen molar-refractivity contribution in [3.05, 3.63) is 102 Å². The maximum atomic E-state index is 13.5. The Balaban J connectivity index is 0.911. The van der Waals surface area contributed by atoms with Crippen molar-refractivity contribution in [3.8, 4) is 0 Å². The molecule has 224 valence electrons. The van der Waals surface area contributed by atoms with Crippen molar-refractivity contribution in [1.29, 1.82) is 0 Å². The fourth-order valence-electron chi connectivity index (χ4n) is 8.52. The lowest BCUT2D eigenvalue weighted by Crippen LogP contribution is -2.45. The first-order valence-corrected chi connectivity index (χ1v) is 16.7. The molecule has 3 aliphatic heterocycles. The van der Waals surface area contributed by atoms with Crippen LogP contribution in [0.3, 0.4) is 0 Å². The standard InChI is InChI=1S/C38H46N4O/c1-28-39-36-14-8-9-15-37(36)42(28)35-26-33-16-17-34(27-35)41(33)23-20-29-18-21-40(22-19-29)38(43)25-32(31-12-6-3-7-13-31)24-30-10-4-2-5-11-30/h2-15,29,32-35H,16-27H2,1H3/t32?,33-,34+,35?. The molecule has 7 rings (SSSR count). The third kappa shape index (κ3) is 6.15. The third-order valence-corrected chi connectivity index (χ3v) is 10.8. The zero-order valence-electron chi connectivity index (χ0n) is 25.7. The fourth-order valence-corrected chi connectivity index (χ4v) is 8.52. The number of aryl methyl sites for hydroxylation is 1. The average molecular weight is 575 g/mol. The molecule has 2 bridgehead atoms. The molecule has 1 amide bonds. The predicted molar refractivity (Wildman–Crippen MR) is 174 cm³/mol. The summed E-state index contributed by atoms with van der Waals surface area (Å²) in [6.07, 6.45) is 10.2. The second kappa shape index (κ2) is 12.7. The highest BCUT2D eigenvalue weighted by Gasteiger charge is 2.41. The zero-order valence-corrected chi connectivity index (χ0v) is 25.7. The minimum atomic E-state index is 0.219. The Morgan fingerprint density at radius 3 is 2.19 bits per heavy atom. The molecule has 3 fully saturated rings. The van der Waals surface area contributed by atoms with E-state index in [1.165, 1.54) is 55.3 Å². The quantitative estimate of drug-likeness (QED) is 0.207. The van der Waals surface area contributed by atoms with E-state index in [1.54, 1.807) is 0 Å².